The fourth-order valence-electron chi connectivity index (χ4n) is 6.69. The van der Waals surface area contributed by atoms with Crippen LogP contribution in [0.1, 0.15) is 76.9 Å². The number of carbonyl (C=O) groups is 7. The molecule has 0 saturated carbocycles. The molecule has 1 unspecified atom stereocenters. The van der Waals surface area contributed by atoms with Crippen LogP contribution in [0.2, 0.25) is 0 Å². The molecule has 2 aromatic carbocycles. The number of benzene rings is 2. The lowest BCUT2D eigenvalue weighted by atomic mass is 9.99. The summed E-state index contributed by atoms with van der Waals surface area (Å²) in [7, 11) is 0. The molecule has 5 aromatic rings. The Balaban J connectivity index is 0.876. The number of amides is 7. The minimum absolute atomic E-state index is 0.0248. The van der Waals surface area contributed by atoms with E-state index in [2.05, 4.69) is 36.3 Å². The number of aromatic nitrogens is 4. The van der Waals surface area contributed by atoms with Gasteiger partial charge in [-0.3, -0.25) is 43.8 Å². The average molecular weight is 857 g/mol. The smallest absolute Gasteiger partial charge is 0.405 e. The third-order valence-corrected chi connectivity index (χ3v) is 9.62. The van der Waals surface area contributed by atoms with Crippen molar-refractivity contribution in [2.45, 2.75) is 37.9 Å². The molecule has 320 valence electrons. The van der Waals surface area contributed by atoms with E-state index in [1.165, 1.54) is 47.4 Å². The highest BCUT2D eigenvalue weighted by Crippen LogP contribution is 2.31. The van der Waals surface area contributed by atoms with Crippen molar-refractivity contribution in [1.29, 1.82) is 0 Å². The molecule has 2 aliphatic rings. The number of fused-ring (bicyclic) bond motifs is 1. The van der Waals surface area contributed by atoms with Gasteiger partial charge in [0.1, 0.15) is 24.7 Å². The number of nitrogens with two attached hydrogens (primary N) is 1. The van der Waals surface area contributed by atoms with Crippen LogP contribution in [0.5, 0.6) is 0 Å². The summed E-state index contributed by atoms with van der Waals surface area (Å²) in [6.45, 7) is -0.671. The van der Waals surface area contributed by atoms with Gasteiger partial charge in [-0.25, -0.2) is 14.6 Å². The van der Waals surface area contributed by atoms with E-state index in [-0.39, 0.29) is 78.1 Å². The summed E-state index contributed by atoms with van der Waals surface area (Å²) in [6, 6.07) is 12.7. The van der Waals surface area contributed by atoms with E-state index in [0.717, 1.165) is 11.2 Å². The lowest BCUT2D eigenvalue weighted by Gasteiger charge is -2.27. The molecule has 2 aliphatic heterocycles. The Hall–Kier alpha value is -7.75. The largest absolute Gasteiger partial charge is 0.444 e. The van der Waals surface area contributed by atoms with Gasteiger partial charge < -0.3 is 30.8 Å². The first-order valence-corrected chi connectivity index (χ1v) is 18.9. The number of anilines is 2. The van der Waals surface area contributed by atoms with Gasteiger partial charge in [0.15, 0.2) is 11.4 Å². The van der Waals surface area contributed by atoms with Crippen molar-refractivity contribution in [3.05, 3.63) is 107 Å². The van der Waals surface area contributed by atoms with E-state index in [1.807, 2.05) is 0 Å². The molecule has 6 N–H and O–H groups in total. The third-order valence-electron chi connectivity index (χ3n) is 9.62. The Bertz CT molecular complexity index is 2590. The van der Waals surface area contributed by atoms with Crippen molar-refractivity contribution in [3.8, 4) is 17.1 Å². The van der Waals surface area contributed by atoms with E-state index >= 15 is 0 Å². The first-order valence-electron chi connectivity index (χ1n) is 18.9. The quantitative estimate of drug-likeness (QED) is 0.0707. The van der Waals surface area contributed by atoms with Gasteiger partial charge in [-0.05, 0) is 67.3 Å². The number of pyridine rings is 1. The SMILES string of the molecule is NC(=O)c1nn(-c2ccc(C(=O)NCCOCCCc3cccc4c3C(=O)N(C3CCC(=O)NC3=O)C4=O)cc2)cc1NC(=O)c1coc(-c2ccnc(NCC(F)(F)F)c2)n1. The van der Waals surface area contributed by atoms with Gasteiger partial charge >= 0.3 is 6.18 Å². The summed E-state index contributed by atoms with van der Waals surface area (Å²) in [4.78, 5) is 97.3. The fourth-order valence-corrected chi connectivity index (χ4v) is 6.69. The number of imide groups is 2. The number of alkyl halides is 3. The molecule has 0 radical (unpaired) electrons. The molecule has 0 spiro atoms. The van der Waals surface area contributed by atoms with Crippen LogP contribution < -0.4 is 27.0 Å². The van der Waals surface area contributed by atoms with Crippen LogP contribution in [0, 0.1) is 0 Å². The predicted octanol–water partition coefficient (Wildman–Crippen LogP) is 3.03. The maximum atomic E-state index is 13.3. The van der Waals surface area contributed by atoms with Crippen LogP contribution in [-0.2, 0) is 20.7 Å². The van der Waals surface area contributed by atoms with E-state index in [1.54, 1.807) is 24.3 Å². The summed E-state index contributed by atoms with van der Waals surface area (Å²) in [5.74, 6) is -4.63. The molecule has 62 heavy (non-hydrogen) atoms. The summed E-state index contributed by atoms with van der Waals surface area (Å²) in [6.07, 6.45) is 0.105. The van der Waals surface area contributed by atoms with E-state index < -0.39 is 60.1 Å². The highest BCUT2D eigenvalue weighted by molar-refractivity contribution is 6.24. The number of piperidine rings is 1. The molecule has 0 aliphatic carbocycles. The van der Waals surface area contributed by atoms with Crippen molar-refractivity contribution in [1.82, 2.24) is 35.3 Å². The lowest BCUT2D eigenvalue weighted by Crippen LogP contribution is -2.54. The Kier molecular flexibility index (Phi) is 12.2. The minimum Gasteiger partial charge on any atom is -0.444 e. The molecule has 7 rings (SSSR count). The maximum Gasteiger partial charge on any atom is 0.405 e. The summed E-state index contributed by atoms with van der Waals surface area (Å²) in [5.41, 5.74) is 6.95. The first-order chi connectivity index (χ1) is 29.7. The maximum absolute atomic E-state index is 13.3. The van der Waals surface area contributed by atoms with Gasteiger partial charge in [-0.1, -0.05) is 12.1 Å². The number of nitrogens with one attached hydrogen (secondary N) is 4. The molecule has 22 heteroatoms. The normalized spacial score (nSPS) is 15.0. The third kappa shape index (κ3) is 9.49. The number of halogens is 3. The zero-order valence-corrected chi connectivity index (χ0v) is 32.3. The van der Waals surface area contributed by atoms with E-state index in [9.17, 15) is 46.7 Å². The van der Waals surface area contributed by atoms with E-state index in [0.29, 0.717) is 29.7 Å². The van der Waals surface area contributed by atoms with Crippen molar-refractivity contribution < 1.29 is 55.9 Å². The number of carbonyl (C=O) groups excluding carboxylic acids is 7. The highest BCUT2D eigenvalue weighted by Gasteiger charge is 2.45. The second kappa shape index (κ2) is 17.8. The molecule has 5 heterocycles. The summed E-state index contributed by atoms with van der Waals surface area (Å²) >= 11 is 0. The molecular formula is C40H35F3N10O9. The van der Waals surface area contributed by atoms with Gasteiger partial charge in [0.05, 0.1) is 35.3 Å². The van der Waals surface area contributed by atoms with Gasteiger partial charge in [0.25, 0.3) is 29.5 Å². The molecule has 3 aromatic heterocycles. The topological polar surface area (TPSA) is 263 Å². The second-order valence-electron chi connectivity index (χ2n) is 13.9. The van der Waals surface area contributed by atoms with Crippen molar-refractivity contribution in [2.24, 2.45) is 5.73 Å². The Morgan fingerprint density at radius 1 is 1.00 bits per heavy atom. The first kappa shape index (κ1) is 42.4. The zero-order chi connectivity index (χ0) is 44.1. The number of aryl methyl sites for hydroxylation is 1. The van der Waals surface area contributed by atoms with Crippen LogP contribution in [0.15, 0.2) is 77.7 Å². The number of primary amides is 1. The van der Waals surface area contributed by atoms with Gasteiger partial charge in [0.2, 0.25) is 17.7 Å². The Labute approximate surface area is 348 Å². The van der Waals surface area contributed by atoms with Crippen molar-refractivity contribution in [2.75, 3.05) is 36.9 Å². The highest BCUT2D eigenvalue weighted by atomic mass is 19.4. The van der Waals surface area contributed by atoms with Gasteiger partial charge in [-0.2, -0.15) is 18.3 Å². The Morgan fingerprint density at radius 2 is 1.79 bits per heavy atom. The van der Waals surface area contributed by atoms with Gasteiger partial charge in [0, 0.05) is 36.9 Å². The monoisotopic (exact) mass is 856 g/mol. The number of ether oxygens (including phenoxy) is 1. The summed E-state index contributed by atoms with van der Waals surface area (Å²) in [5, 5.41) is 13.7. The second-order valence-corrected chi connectivity index (χ2v) is 13.9. The number of oxazole rings is 1. The van der Waals surface area contributed by atoms with Crippen LogP contribution in [0.3, 0.4) is 0 Å². The molecule has 1 fully saturated rings. The Morgan fingerprint density at radius 3 is 2.53 bits per heavy atom. The number of hydrogen-bond donors (Lipinski definition) is 5. The number of nitrogens with zero attached hydrogens (tertiary/aromatic N) is 5. The molecule has 19 nitrogen and oxygen atoms in total. The van der Waals surface area contributed by atoms with Crippen LogP contribution in [0.4, 0.5) is 24.7 Å². The van der Waals surface area contributed by atoms with Crippen LogP contribution >= 0.6 is 0 Å². The fraction of sp³-hybridized carbons (Fsp3) is 0.250. The van der Waals surface area contributed by atoms with Gasteiger partial charge in [-0.15, -0.1) is 0 Å². The van der Waals surface area contributed by atoms with Crippen molar-refractivity contribution in [3.63, 3.8) is 0 Å². The number of rotatable bonds is 16. The van der Waals surface area contributed by atoms with Crippen LogP contribution in [0.25, 0.3) is 17.1 Å². The molecule has 1 atom stereocenters. The van der Waals surface area contributed by atoms with Crippen molar-refractivity contribution >= 4 is 52.9 Å². The molecule has 7 amide bonds. The molecular weight excluding hydrogens is 821 g/mol. The van der Waals surface area contributed by atoms with E-state index in [4.69, 9.17) is 14.9 Å². The summed E-state index contributed by atoms with van der Waals surface area (Å²) < 4.78 is 50.1. The number of hydrogen-bond acceptors (Lipinski definition) is 13. The lowest BCUT2D eigenvalue weighted by molar-refractivity contribution is -0.136. The minimum atomic E-state index is -4.47. The average Bonchev–Trinajstić information content (AvgIpc) is 3.97. The zero-order valence-electron chi connectivity index (χ0n) is 32.3. The predicted molar refractivity (Wildman–Crippen MR) is 209 cm³/mol. The van der Waals surface area contributed by atoms with Crippen LogP contribution in [-0.4, -0.2) is 105 Å². The standard InChI is InChI=1S/C40H35F3N10O9/c41-40(42,43)20-47-29-17-23(12-13-45-29)37-49-27(19-62-37)35(57)48-26-18-52(51-32(26)33(44)55)24-8-6-22(7-9-24)34(56)46-14-16-61-15-2-4-21-3-1-5-25-31(21)39(60)53(38(25)59)28-10-11-30(54)50-36(28)58/h1,3,5-9,12-13,17-19,28H,2,4,10-11,14-16,20H2,(H2,44,55)(H,45,47)(H,46,56)(H,48,57)(H,50,54,58). The molecule has 1 saturated heterocycles. The molecule has 0 bridgehead atoms.